The van der Waals surface area contributed by atoms with Gasteiger partial charge in [-0.15, -0.1) is 0 Å². The van der Waals surface area contributed by atoms with Crippen LogP contribution in [-0.4, -0.2) is 49.0 Å². The maximum atomic E-state index is 14.9. The molecule has 0 unspecified atom stereocenters. The second kappa shape index (κ2) is 12.7. The van der Waals surface area contributed by atoms with Gasteiger partial charge in [0.05, 0.1) is 31.2 Å². The third-order valence-corrected chi connectivity index (χ3v) is 6.27. The normalized spacial score (nSPS) is 15.2. The molecule has 0 radical (unpaired) electrons. The van der Waals surface area contributed by atoms with E-state index in [1.807, 2.05) is 35.2 Å². The van der Waals surface area contributed by atoms with Gasteiger partial charge in [-0.3, -0.25) is 10.3 Å². The average Bonchev–Trinajstić information content (AvgIpc) is 2.90. The molecule has 0 aliphatic carbocycles. The molecule has 37 heavy (non-hydrogen) atoms. The Morgan fingerprint density at radius 2 is 1.70 bits per heavy atom. The fourth-order valence-corrected chi connectivity index (χ4v) is 4.35. The number of benzene rings is 3. The number of anilines is 1. The summed E-state index contributed by atoms with van der Waals surface area (Å²) in [6, 6.07) is 18.5. The zero-order valence-electron chi connectivity index (χ0n) is 20.1. The predicted molar refractivity (Wildman–Crippen MR) is 143 cm³/mol. The SMILES string of the molecule is NC(=S)NN=Cc1cc(F)c(N2CCN([C@H](COCc3ccccc3)c3ccc(F)cc3)CC2)cc1F. The van der Waals surface area contributed by atoms with Crippen molar-refractivity contribution in [1.29, 1.82) is 0 Å². The van der Waals surface area contributed by atoms with Crippen molar-refractivity contribution in [3.05, 3.63) is 101 Å². The Labute approximate surface area is 219 Å². The first-order valence-electron chi connectivity index (χ1n) is 11.8. The van der Waals surface area contributed by atoms with Crippen LogP contribution in [0.1, 0.15) is 22.7 Å². The van der Waals surface area contributed by atoms with E-state index in [1.54, 1.807) is 12.1 Å². The lowest BCUT2D eigenvalue weighted by atomic mass is 10.0. The number of thiocarbonyl (C=S) groups is 1. The number of hydrazone groups is 1. The molecule has 194 valence electrons. The summed E-state index contributed by atoms with van der Waals surface area (Å²) in [6.45, 7) is 3.05. The highest BCUT2D eigenvalue weighted by molar-refractivity contribution is 7.80. The van der Waals surface area contributed by atoms with Crippen molar-refractivity contribution in [3.63, 3.8) is 0 Å². The predicted octanol–water partition coefficient (Wildman–Crippen LogP) is 4.35. The van der Waals surface area contributed by atoms with Crippen LogP contribution in [0.4, 0.5) is 18.9 Å². The number of nitrogens with one attached hydrogen (secondary N) is 1. The molecule has 10 heteroatoms. The van der Waals surface area contributed by atoms with Gasteiger partial charge in [0.1, 0.15) is 17.5 Å². The molecule has 0 saturated carbocycles. The van der Waals surface area contributed by atoms with Gasteiger partial charge in [-0.05, 0) is 41.5 Å². The molecular weight excluding hydrogens is 499 g/mol. The third kappa shape index (κ3) is 7.28. The fraction of sp³-hybridized carbons (Fsp3) is 0.259. The highest BCUT2D eigenvalue weighted by Gasteiger charge is 2.27. The van der Waals surface area contributed by atoms with Gasteiger partial charge in [0.15, 0.2) is 5.11 Å². The first-order valence-corrected chi connectivity index (χ1v) is 12.2. The van der Waals surface area contributed by atoms with Crippen molar-refractivity contribution >= 4 is 29.2 Å². The van der Waals surface area contributed by atoms with Crippen LogP contribution in [0.5, 0.6) is 0 Å². The van der Waals surface area contributed by atoms with E-state index in [0.717, 1.165) is 23.4 Å². The van der Waals surface area contributed by atoms with Crippen molar-refractivity contribution in [3.8, 4) is 0 Å². The molecule has 1 saturated heterocycles. The summed E-state index contributed by atoms with van der Waals surface area (Å²) in [5, 5.41) is 3.62. The maximum Gasteiger partial charge on any atom is 0.184 e. The van der Waals surface area contributed by atoms with Crippen LogP contribution in [-0.2, 0) is 11.3 Å². The quantitative estimate of drug-likeness (QED) is 0.245. The highest BCUT2D eigenvalue weighted by Crippen LogP contribution is 2.28. The monoisotopic (exact) mass is 527 g/mol. The molecule has 1 atom stereocenters. The third-order valence-electron chi connectivity index (χ3n) is 6.18. The second-order valence-corrected chi connectivity index (χ2v) is 9.09. The number of piperazine rings is 1. The molecule has 1 fully saturated rings. The van der Waals surface area contributed by atoms with Crippen LogP contribution in [0, 0.1) is 17.5 Å². The molecular formula is C27H28F3N5OS. The molecule has 6 nitrogen and oxygen atoms in total. The standard InChI is InChI=1S/C27H28F3N5OS/c28-22-8-6-20(7-9-22)26(18-36-17-19-4-2-1-3-5-19)35-12-10-34(11-13-35)25-15-23(29)21(14-24(25)30)16-32-33-27(31)37/h1-9,14-16,26H,10-13,17-18H2,(H3,31,33,37)/t26-/m1/s1. The fourth-order valence-electron chi connectivity index (χ4n) is 4.29. The average molecular weight is 528 g/mol. The smallest absolute Gasteiger partial charge is 0.184 e. The van der Waals surface area contributed by atoms with E-state index in [9.17, 15) is 13.2 Å². The van der Waals surface area contributed by atoms with Crippen molar-refractivity contribution in [2.24, 2.45) is 10.8 Å². The van der Waals surface area contributed by atoms with Gasteiger partial charge in [0.2, 0.25) is 0 Å². The van der Waals surface area contributed by atoms with E-state index in [4.69, 9.17) is 10.5 Å². The van der Waals surface area contributed by atoms with E-state index in [1.165, 1.54) is 18.2 Å². The van der Waals surface area contributed by atoms with Gasteiger partial charge in [0, 0.05) is 37.8 Å². The Hall–Kier alpha value is -3.47. The number of hydrogen-bond donors (Lipinski definition) is 2. The lowest BCUT2D eigenvalue weighted by Crippen LogP contribution is -2.48. The number of nitrogens with zero attached hydrogens (tertiary/aromatic N) is 3. The number of ether oxygens (including phenoxy) is 1. The first kappa shape index (κ1) is 26.6. The van der Waals surface area contributed by atoms with Crippen LogP contribution in [0.2, 0.25) is 0 Å². The molecule has 1 aliphatic heterocycles. The van der Waals surface area contributed by atoms with Crippen molar-refractivity contribution in [2.45, 2.75) is 12.6 Å². The molecule has 1 aliphatic rings. The Kier molecular flexibility index (Phi) is 9.10. The van der Waals surface area contributed by atoms with Crippen LogP contribution in [0.15, 0.2) is 71.8 Å². The van der Waals surface area contributed by atoms with E-state index >= 15 is 0 Å². The molecule has 3 aromatic rings. The number of nitrogens with two attached hydrogens (primary N) is 1. The molecule has 1 heterocycles. The summed E-state index contributed by atoms with van der Waals surface area (Å²) in [5.41, 5.74) is 9.77. The minimum atomic E-state index is -0.606. The number of halogens is 3. The van der Waals surface area contributed by atoms with Crippen LogP contribution < -0.4 is 16.1 Å². The Morgan fingerprint density at radius 1 is 1.00 bits per heavy atom. The van der Waals surface area contributed by atoms with Gasteiger partial charge in [0.25, 0.3) is 0 Å². The van der Waals surface area contributed by atoms with Gasteiger partial charge >= 0.3 is 0 Å². The number of hydrogen-bond acceptors (Lipinski definition) is 5. The Balaban J connectivity index is 1.43. The molecule has 3 N–H and O–H groups in total. The lowest BCUT2D eigenvalue weighted by molar-refractivity contribution is 0.0468. The molecule has 0 aromatic heterocycles. The summed E-state index contributed by atoms with van der Waals surface area (Å²) >= 11 is 4.64. The zero-order chi connectivity index (χ0) is 26.2. The Bertz CT molecular complexity index is 1220. The van der Waals surface area contributed by atoms with Crippen LogP contribution in [0.25, 0.3) is 0 Å². The highest BCUT2D eigenvalue weighted by atomic mass is 32.1. The number of rotatable bonds is 9. The van der Waals surface area contributed by atoms with Gasteiger partial charge in [-0.1, -0.05) is 42.5 Å². The van der Waals surface area contributed by atoms with Crippen LogP contribution in [0.3, 0.4) is 0 Å². The molecule has 0 bridgehead atoms. The summed E-state index contributed by atoms with van der Waals surface area (Å²) in [7, 11) is 0. The summed E-state index contributed by atoms with van der Waals surface area (Å²) in [4.78, 5) is 4.04. The van der Waals surface area contributed by atoms with Gasteiger partial charge < -0.3 is 15.4 Å². The molecule has 4 rings (SSSR count). The molecule has 0 amide bonds. The van der Waals surface area contributed by atoms with Crippen molar-refractivity contribution < 1.29 is 17.9 Å². The van der Waals surface area contributed by atoms with E-state index in [-0.39, 0.29) is 28.2 Å². The summed E-state index contributed by atoms with van der Waals surface area (Å²) in [6.07, 6.45) is 1.13. The van der Waals surface area contributed by atoms with Crippen molar-refractivity contribution in [1.82, 2.24) is 10.3 Å². The van der Waals surface area contributed by atoms with Crippen LogP contribution >= 0.6 is 12.2 Å². The summed E-state index contributed by atoms with van der Waals surface area (Å²) < 4.78 is 49.1. The van der Waals surface area contributed by atoms with Gasteiger partial charge in [-0.25, -0.2) is 13.2 Å². The van der Waals surface area contributed by atoms with E-state index in [2.05, 4.69) is 27.6 Å². The van der Waals surface area contributed by atoms with Gasteiger partial charge in [-0.2, -0.15) is 5.10 Å². The first-order chi connectivity index (χ1) is 17.9. The van der Waals surface area contributed by atoms with E-state index < -0.39 is 11.6 Å². The summed E-state index contributed by atoms with van der Waals surface area (Å²) in [5.74, 6) is -1.45. The Morgan fingerprint density at radius 3 is 2.38 bits per heavy atom. The largest absolute Gasteiger partial charge is 0.375 e. The topological polar surface area (TPSA) is 66.1 Å². The van der Waals surface area contributed by atoms with E-state index in [0.29, 0.717) is 39.4 Å². The minimum Gasteiger partial charge on any atom is -0.375 e. The van der Waals surface area contributed by atoms with Crippen molar-refractivity contribution in [2.75, 3.05) is 37.7 Å². The molecule has 3 aromatic carbocycles. The zero-order valence-corrected chi connectivity index (χ0v) is 20.9. The maximum absolute atomic E-state index is 14.9. The second-order valence-electron chi connectivity index (χ2n) is 8.65. The minimum absolute atomic E-state index is 0.0180. The lowest BCUT2D eigenvalue weighted by Gasteiger charge is -2.40. The molecule has 0 spiro atoms.